The minimum atomic E-state index is -0.392. The van der Waals surface area contributed by atoms with Crippen LogP contribution in [0.15, 0.2) is 63.8 Å². The molecule has 0 atom stereocenters. The van der Waals surface area contributed by atoms with Crippen LogP contribution in [0.2, 0.25) is 0 Å². The Morgan fingerprint density at radius 3 is 2.55 bits per heavy atom. The van der Waals surface area contributed by atoms with Crippen molar-refractivity contribution in [1.29, 1.82) is 0 Å². The zero-order chi connectivity index (χ0) is 13.9. The summed E-state index contributed by atoms with van der Waals surface area (Å²) in [5.41, 5.74) is 0.0552. The molecule has 98 valence electrons. The van der Waals surface area contributed by atoms with Gasteiger partial charge >= 0.3 is 5.63 Å². The van der Waals surface area contributed by atoms with Crippen molar-refractivity contribution < 1.29 is 8.81 Å². The van der Waals surface area contributed by atoms with E-state index in [1.165, 1.54) is 6.07 Å². The van der Waals surface area contributed by atoms with Crippen LogP contribution in [0, 0.1) is 5.82 Å². The number of hydrogen-bond donors (Lipinski definition) is 0. The van der Waals surface area contributed by atoms with Crippen LogP contribution in [-0.4, -0.2) is 0 Å². The quantitative estimate of drug-likeness (QED) is 0.699. The van der Waals surface area contributed by atoms with Crippen LogP contribution in [0.4, 0.5) is 4.39 Å². The molecule has 1 heterocycles. The van der Waals surface area contributed by atoms with Gasteiger partial charge < -0.3 is 4.42 Å². The first-order valence-corrected chi connectivity index (χ1v) is 6.19. The van der Waals surface area contributed by atoms with E-state index < -0.39 is 5.63 Å². The fraction of sp³-hybridized carbons (Fsp3) is 0. The third-order valence-electron chi connectivity index (χ3n) is 3.02. The summed E-state index contributed by atoms with van der Waals surface area (Å²) >= 11 is 0. The molecule has 0 aliphatic carbocycles. The van der Waals surface area contributed by atoms with Gasteiger partial charge in [0.25, 0.3) is 0 Å². The molecule has 0 N–H and O–H groups in total. The Balaban J connectivity index is 2.04. The second kappa shape index (κ2) is 5.13. The van der Waals surface area contributed by atoms with Crippen molar-refractivity contribution in [1.82, 2.24) is 0 Å². The summed E-state index contributed by atoms with van der Waals surface area (Å²) in [5.74, 6) is 0.0869. The molecule has 0 fully saturated rings. The largest absolute Gasteiger partial charge is 0.423 e. The van der Waals surface area contributed by atoms with E-state index in [1.807, 2.05) is 12.1 Å². The summed E-state index contributed by atoms with van der Waals surface area (Å²) in [5, 5.41) is 1.34. The number of hydrogen-bond acceptors (Lipinski definition) is 2. The molecule has 3 aromatic rings. The Morgan fingerprint density at radius 1 is 0.950 bits per heavy atom. The lowest BCUT2D eigenvalue weighted by Gasteiger charge is -1.98. The lowest BCUT2D eigenvalue weighted by molar-refractivity contribution is 0.510. The monoisotopic (exact) mass is 266 g/mol. The number of halogens is 1. The van der Waals surface area contributed by atoms with Crippen LogP contribution < -0.4 is 5.63 Å². The minimum Gasteiger partial charge on any atom is -0.423 e. The molecule has 0 unspecified atom stereocenters. The van der Waals surface area contributed by atoms with Gasteiger partial charge in [-0.3, -0.25) is 0 Å². The second-order valence-corrected chi connectivity index (χ2v) is 4.38. The van der Waals surface area contributed by atoms with Crippen LogP contribution in [0.1, 0.15) is 11.3 Å². The van der Waals surface area contributed by atoms with E-state index >= 15 is 0 Å². The summed E-state index contributed by atoms with van der Waals surface area (Å²) < 4.78 is 18.7. The molecule has 1 aromatic heterocycles. The molecule has 20 heavy (non-hydrogen) atoms. The zero-order valence-electron chi connectivity index (χ0n) is 10.5. The molecule has 0 bridgehead atoms. The van der Waals surface area contributed by atoms with Gasteiger partial charge in [0.05, 0.1) is 5.39 Å². The van der Waals surface area contributed by atoms with Gasteiger partial charge in [-0.2, -0.15) is 0 Å². The minimum absolute atomic E-state index is 0.313. The Hall–Kier alpha value is -2.68. The van der Waals surface area contributed by atoms with E-state index in [0.717, 1.165) is 5.39 Å². The van der Waals surface area contributed by atoms with Crippen molar-refractivity contribution in [2.24, 2.45) is 0 Å². The average Bonchev–Trinajstić information content (AvgIpc) is 2.46. The molecular formula is C17H11FO2. The third kappa shape index (κ3) is 2.38. The summed E-state index contributed by atoms with van der Waals surface area (Å²) in [6, 6.07) is 15.4. The van der Waals surface area contributed by atoms with Crippen molar-refractivity contribution in [3.63, 3.8) is 0 Å². The van der Waals surface area contributed by atoms with Gasteiger partial charge in [-0.15, -0.1) is 0 Å². The van der Waals surface area contributed by atoms with Crippen molar-refractivity contribution in [3.8, 4) is 0 Å². The maximum Gasteiger partial charge on any atom is 0.344 e. The molecule has 0 radical (unpaired) electrons. The van der Waals surface area contributed by atoms with E-state index in [0.29, 0.717) is 16.7 Å². The van der Waals surface area contributed by atoms with Crippen LogP contribution in [0.25, 0.3) is 22.9 Å². The summed E-state index contributed by atoms with van der Waals surface area (Å²) in [6.07, 6.45) is 3.18. The van der Waals surface area contributed by atoms with Gasteiger partial charge in [-0.1, -0.05) is 36.4 Å². The van der Waals surface area contributed by atoms with Gasteiger partial charge in [0.15, 0.2) is 0 Å². The molecule has 0 saturated carbocycles. The summed E-state index contributed by atoms with van der Waals surface area (Å²) in [6.45, 7) is 0. The van der Waals surface area contributed by atoms with Crippen LogP contribution in [0.3, 0.4) is 0 Å². The topological polar surface area (TPSA) is 30.2 Å². The third-order valence-corrected chi connectivity index (χ3v) is 3.02. The lowest BCUT2D eigenvalue weighted by Crippen LogP contribution is -1.99. The van der Waals surface area contributed by atoms with Gasteiger partial charge in [0.1, 0.15) is 11.6 Å². The zero-order valence-corrected chi connectivity index (χ0v) is 10.5. The van der Waals surface area contributed by atoms with Gasteiger partial charge in [0.2, 0.25) is 0 Å². The highest BCUT2D eigenvalue weighted by molar-refractivity contribution is 5.83. The maximum absolute atomic E-state index is 13.5. The SMILES string of the molecule is O=c1oc(/C=C/c2ccccc2F)cc2ccccc12. The van der Waals surface area contributed by atoms with Crippen LogP contribution in [0.5, 0.6) is 0 Å². The fourth-order valence-corrected chi connectivity index (χ4v) is 2.02. The van der Waals surface area contributed by atoms with E-state index in [1.54, 1.807) is 48.6 Å². The molecule has 3 rings (SSSR count). The van der Waals surface area contributed by atoms with Gasteiger partial charge in [0, 0.05) is 5.56 Å². The molecule has 2 nitrogen and oxygen atoms in total. The van der Waals surface area contributed by atoms with Crippen molar-refractivity contribution >= 4 is 22.9 Å². The first-order chi connectivity index (χ1) is 9.74. The van der Waals surface area contributed by atoms with Crippen molar-refractivity contribution in [2.75, 3.05) is 0 Å². The maximum atomic E-state index is 13.5. The van der Waals surface area contributed by atoms with Gasteiger partial charge in [-0.05, 0) is 35.7 Å². The van der Waals surface area contributed by atoms with Crippen LogP contribution >= 0.6 is 0 Å². The molecule has 2 aromatic carbocycles. The first-order valence-electron chi connectivity index (χ1n) is 6.19. The second-order valence-electron chi connectivity index (χ2n) is 4.38. The van der Waals surface area contributed by atoms with Crippen molar-refractivity contribution in [3.05, 3.63) is 82.2 Å². The Labute approximate surface area is 114 Å². The van der Waals surface area contributed by atoms with Crippen LogP contribution in [-0.2, 0) is 0 Å². The first kappa shape index (κ1) is 12.4. The van der Waals surface area contributed by atoms with Gasteiger partial charge in [-0.25, -0.2) is 9.18 Å². The van der Waals surface area contributed by atoms with Crippen molar-refractivity contribution in [2.45, 2.75) is 0 Å². The van der Waals surface area contributed by atoms with E-state index in [-0.39, 0.29) is 5.82 Å². The Bertz CT molecular complexity index is 847. The molecule has 0 saturated heterocycles. The Kier molecular flexibility index (Phi) is 3.17. The summed E-state index contributed by atoms with van der Waals surface area (Å²) in [7, 11) is 0. The smallest absolute Gasteiger partial charge is 0.344 e. The fourth-order valence-electron chi connectivity index (χ4n) is 2.02. The number of rotatable bonds is 2. The van der Waals surface area contributed by atoms with E-state index in [9.17, 15) is 9.18 Å². The summed E-state index contributed by atoms with van der Waals surface area (Å²) in [4.78, 5) is 11.8. The normalized spacial score (nSPS) is 11.2. The number of benzene rings is 2. The standard InChI is InChI=1S/C17H11FO2/c18-16-8-4-2-5-12(16)9-10-14-11-13-6-1-3-7-15(13)17(19)20-14/h1-11H/b10-9+. The van der Waals surface area contributed by atoms with E-state index in [2.05, 4.69) is 0 Å². The predicted molar refractivity (Wildman–Crippen MR) is 77.8 cm³/mol. The average molecular weight is 266 g/mol. The molecule has 0 amide bonds. The lowest BCUT2D eigenvalue weighted by atomic mass is 10.1. The van der Waals surface area contributed by atoms with E-state index in [4.69, 9.17) is 4.42 Å². The highest BCUT2D eigenvalue weighted by Gasteiger charge is 2.02. The molecule has 0 aliphatic rings. The molecule has 0 aliphatic heterocycles. The number of fused-ring (bicyclic) bond motifs is 1. The predicted octanol–water partition coefficient (Wildman–Crippen LogP) is 4.10. The molecule has 3 heteroatoms. The molecular weight excluding hydrogens is 255 g/mol. The highest BCUT2D eigenvalue weighted by atomic mass is 19.1. The Morgan fingerprint density at radius 2 is 1.70 bits per heavy atom. The molecule has 0 spiro atoms. The highest BCUT2D eigenvalue weighted by Crippen LogP contribution is 2.15.